The van der Waals surface area contributed by atoms with Crippen molar-refractivity contribution in [2.75, 3.05) is 25.2 Å². The highest BCUT2D eigenvalue weighted by Gasteiger charge is 1.96. The minimum absolute atomic E-state index is 0.479. The molecule has 0 fully saturated rings. The standard InChI is InChI=1S/C12H21N3O2/c1-2-3-6-16-7-8-17-10-12-9-11(15-13)4-5-14-12/h4-5,9H,2-3,6-8,10,13H2,1H3,(H,14,15). The molecule has 0 radical (unpaired) electrons. The third-order valence-electron chi connectivity index (χ3n) is 2.25. The molecule has 96 valence electrons. The van der Waals surface area contributed by atoms with Crippen molar-refractivity contribution in [1.82, 2.24) is 4.98 Å². The number of nitrogen functional groups attached to an aromatic ring is 1. The summed E-state index contributed by atoms with van der Waals surface area (Å²) in [4.78, 5) is 4.17. The second-order valence-corrected chi connectivity index (χ2v) is 3.70. The van der Waals surface area contributed by atoms with Gasteiger partial charge in [-0.1, -0.05) is 13.3 Å². The third kappa shape index (κ3) is 6.21. The van der Waals surface area contributed by atoms with Crippen LogP contribution in [0.15, 0.2) is 18.3 Å². The van der Waals surface area contributed by atoms with Gasteiger partial charge in [0.15, 0.2) is 0 Å². The second kappa shape index (κ2) is 8.92. The minimum atomic E-state index is 0.479. The van der Waals surface area contributed by atoms with Gasteiger partial charge in [-0.15, -0.1) is 0 Å². The fourth-order valence-electron chi connectivity index (χ4n) is 1.29. The molecule has 0 aromatic carbocycles. The van der Waals surface area contributed by atoms with Gasteiger partial charge in [-0.2, -0.15) is 0 Å². The summed E-state index contributed by atoms with van der Waals surface area (Å²) in [6.07, 6.45) is 3.96. The fraction of sp³-hybridized carbons (Fsp3) is 0.583. The van der Waals surface area contributed by atoms with Gasteiger partial charge in [0.1, 0.15) is 0 Å². The zero-order valence-corrected chi connectivity index (χ0v) is 10.3. The summed E-state index contributed by atoms with van der Waals surface area (Å²) in [5.41, 5.74) is 4.26. The molecule has 1 rings (SSSR count). The molecule has 1 aromatic rings. The molecule has 0 saturated carbocycles. The number of aromatic nitrogens is 1. The maximum atomic E-state index is 5.44. The van der Waals surface area contributed by atoms with Gasteiger partial charge in [0.2, 0.25) is 0 Å². The third-order valence-corrected chi connectivity index (χ3v) is 2.25. The smallest absolute Gasteiger partial charge is 0.0889 e. The van der Waals surface area contributed by atoms with E-state index in [9.17, 15) is 0 Å². The highest BCUT2D eigenvalue weighted by atomic mass is 16.5. The first-order valence-electron chi connectivity index (χ1n) is 5.94. The van der Waals surface area contributed by atoms with Crippen LogP contribution in [0, 0.1) is 0 Å². The van der Waals surface area contributed by atoms with Crippen molar-refractivity contribution in [3.8, 4) is 0 Å². The zero-order valence-electron chi connectivity index (χ0n) is 10.3. The number of pyridine rings is 1. The Morgan fingerprint density at radius 2 is 2.12 bits per heavy atom. The lowest BCUT2D eigenvalue weighted by Crippen LogP contribution is -2.08. The van der Waals surface area contributed by atoms with Gasteiger partial charge in [0.25, 0.3) is 0 Å². The number of hydrogen-bond donors (Lipinski definition) is 2. The molecule has 1 heterocycles. The number of unbranched alkanes of at least 4 members (excludes halogenated alkanes) is 1. The predicted molar refractivity (Wildman–Crippen MR) is 67.4 cm³/mol. The van der Waals surface area contributed by atoms with Gasteiger partial charge in [0, 0.05) is 12.8 Å². The van der Waals surface area contributed by atoms with Crippen LogP contribution in [0.25, 0.3) is 0 Å². The van der Waals surface area contributed by atoms with E-state index in [2.05, 4.69) is 17.3 Å². The minimum Gasteiger partial charge on any atom is -0.379 e. The van der Waals surface area contributed by atoms with Crippen LogP contribution in [0.4, 0.5) is 5.69 Å². The summed E-state index contributed by atoms with van der Waals surface area (Å²) in [5.74, 6) is 5.30. The molecule has 5 heteroatoms. The van der Waals surface area contributed by atoms with Gasteiger partial charge in [0.05, 0.1) is 31.2 Å². The monoisotopic (exact) mass is 239 g/mol. The van der Waals surface area contributed by atoms with Crippen molar-refractivity contribution >= 4 is 5.69 Å². The van der Waals surface area contributed by atoms with E-state index < -0.39 is 0 Å². The Labute approximate surface area is 102 Å². The van der Waals surface area contributed by atoms with Crippen molar-refractivity contribution in [1.29, 1.82) is 0 Å². The van der Waals surface area contributed by atoms with Gasteiger partial charge in [-0.05, 0) is 18.6 Å². The van der Waals surface area contributed by atoms with Crippen LogP contribution >= 0.6 is 0 Å². The maximum absolute atomic E-state index is 5.44. The Hall–Kier alpha value is -1.17. The lowest BCUT2D eigenvalue weighted by Gasteiger charge is -2.06. The molecule has 17 heavy (non-hydrogen) atoms. The first-order chi connectivity index (χ1) is 8.36. The zero-order chi connectivity index (χ0) is 12.3. The van der Waals surface area contributed by atoms with E-state index in [4.69, 9.17) is 15.3 Å². The van der Waals surface area contributed by atoms with E-state index in [1.165, 1.54) is 0 Å². The molecular weight excluding hydrogens is 218 g/mol. The summed E-state index contributed by atoms with van der Waals surface area (Å²) in [6, 6.07) is 3.66. The first kappa shape index (κ1) is 13.9. The average molecular weight is 239 g/mol. The molecule has 0 bridgehead atoms. The number of anilines is 1. The number of nitrogens with zero attached hydrogens (tertiary/aromatic N) is 1. The van der Waals surface area contributed by atoms with Crippen LogP contribution in [0.5, 0.6) is 0 Å². The summed E-state index contributed by atoms with van der Waals surface area (Å²) >= 11 is 0. The topological polar surface area (TPSA) is 69.4 Å². The molecule has 0 aliphatic rings. The predicted octanol–water partition coefficient (Wildman–Crippen LogP) is 1.70. The number of hydrogen-bond acceptors (Lipinski definition) is 5. The molecule has 0 aliphatic carbocycles. The molecule has 1 aromatic heterocycles. The molecule has 0 atom stereocenters. The summed E-state index contributed by atoms with van der Waals surface area (Å²) in [6.45, 7) is 4.65. The van der Waals surface area contributed by atoms with Crippen molar-refractivity contribution in [2.24, 2.45) is 5.84 Å². The number of nitrogens with two attached hydrogens (primary N) is 1. The lowest BCUT2D eigenvalue weighted by atomic mass is 10.3. The van der Waals surface area contributed by atoms with E-state index in [1.807, 2.05) is 6.07 Å². The fourth-order valence-corrected chi connectivity index (χ4v) is 1.29. The SMILES string of the molecule is CCCCOCCOCc1cc(NN)ccn1. The molecule has 3 N–H and O–H groups in total. The van der Waals surface area contributed by atoms with E-state index in [-0.39, 0.29) is 0 Å². The Balaban J connectivity index is 2.09. The summed E-state index contributed by atoms with van der Waals surface area (Å²) < 4.78 is 10.8. The normalized spacial score (nSPS) is 10.5. The first-order valence-corrected chi connectivity index (χ1v) is 5.94. The van der Waals surface area contributed by atoms with Crippen LogP contribution in [-0.4, -0.2) is 24.8 Å². The number of ether oxygens (including phenoxy) is 2. The molecule has 0 spiro atoms. The molecule has 0 saturated heterocycles. The van der Waals surface area contributed by atoms with Gasteiger partial charge in [-0.25, -0.2) is 0 Å². The van der Waals surface area contributed by atoms with Crippen molar-refractivity contribution in [2.45, 2.75) is 26.4 Å². The Morgan fingerprint density at radius 3 is 2.88 bits per heavy atom. The van der Waals surface area contributed by atoms with Gasteiger partial charge in [-0.3, -0.25) is 10.8 Å². The Kier molecular flexibility index (Phi) is 7.29. The van der Waals surface area contributed by atoms with Crippen LogP contribution in [0.2, 0.25) is 0 Å². The van der Waals surface area contributed by atoms with Crippen molar-refractivity contribution in [3.63, 3.8) is 0 Å². The Morgan fingerprint density at radius 1 is 1.29 bits per heavy atom. The lowest BCUT2D eigenvalue weighted by molar-refractivity contribution is 0.0386. The number of hydrazine groups is 1. The quantitative estimate of drug-likeness (QED) is 0.390. The highest BCUT2D eigenvalue weighted by Crippen LogP contribution is 2.06. The molecule has 0 aliphatic heterocycles. The Bertz CT molecular complexity index is 308. The van der Waals surface area contributed by atoms with Gasteiger partial charge >= 0.3 is 0 Å². The molecule has 0 unspecified atom stereocenters. The van der Waals surface area contributed by atoms with Crippen molar-refractivity contribution < 1.29 is 9.47 Å². The largest absolute Gasteiger partial charge is 0.379 e. The summed E-state index contributed by atoms with van der Waals surface area (Å²) in [7, 11) is 0. The summed E-state index contributed by atoms with van der Waals surface area (Å²) in [5, 5.41) is 0. The number of rotatable bonds is 9. The van der Waals surface area contributed by atoms with E-state index in [0.29, 0.717) is 19.8 Å². The maximum Gasteiger partial charge on any atom is 0.0889 e. The second-order valence-electron chi connectivity index (χ2n) is 3.70. The van der Waals surface area contributed by atoms with Crippen LogP contribution in [0.3, 0.4) is 0 Å². The van der Waals surface area contributed by atoms with E-state index in [1.54, 1.807) is 12.3 Å². The van der Waals surface area contributed by atoms with Crippen LogP contribution in [-0.2, 0) is 16.1 Å². The van der Waals surface area contributed by atoms with Crippen LogP contribution in [0.1, 0.15) is 25.5 Å². The van der Waals surface area contributed by atoms with Crippen LogP contribution < -0.4 is 11.3 Å². The highest BCUT2D eigenvalue weighted by molar-refractivity contribution is 5.41. The molecule has 5 nitrogen and oxygen atoms in total. The van der Waals surface area contributed by atoms with Crippen molar-refractivity contribution in [3.05, 3.63) is 24.0 Å². The molecule has 0 amide bonds. The van der Waals surface area contributed by atoms with E-state index >= 15 is 0 Å². The average Bonchev–Trinajstić information content (AvgIpc) is 2.38. The molecular formula is C12H21N3O2. The number of nitrogens with one attached hydrogen (secondary N) is 1. The van der Waals surface area contributed by atoms with E-state index in [0.717, 1.165) is 30.8 Å². The van der Waals surface area contributed by atoms with Gasteiger partial charge < -0.3 is 14.9 Å².